The molecule has 0 unspecified atom stereocenters. The maximum atomic E-state index is 11.6. The fourth-order valence-corrected chi connectivity index (χ4v) is 1.64. The zero-order valence-electron chi connectivity index (χ0n) is 11.3. The van der Waals surface area contributed by atoms with Gasteiger partial charge in [-0.15, -0.1) is 0 Å². The second-order valence-corrected chi connectivity index (χ2v) is 5.47. The van der Waals surface area contributed by atoms with Crippen molar-refractivity contribution < 1.29 is 9.59 Å². The summed E-state index contributed by atoms with van der Waals surface area (Å²) < 4.78 is 0. The van der Waals surface area contributed by atoms with Gasteiger partial charge in [-0.3, -0.25) is 4.79 Å². The van der Waals surface area contributed by atoms with E-state index in [9.17, 15) is 9.59 Å². The number of amides is 3. The molecule has 0 heterocycles. The summed E-state index contributed by atoms with van der Waals surface area (Å²) in [7, 11) is 0. The van der Waals surface area contributed by atoms with Crippen LogP contribution in [0.3, 0.4) is 0 Å². The van der Waals surface area contributed by atoms with Gasteiger partial charge in [0.25, 0.3) is 0 Å². The third-order valence-electron chi connectivity index (χ3n) is 2.29. The molecule has 0 aliphatic carbocycles. The molecule has 110 valence electrons. The molecule has 1 rings (SSSR count). The van der Waals surface area contributed by atoms with Gasteiger partial charge in [-0.2, -0.15) is 0 Å². The van der Waals surface area contributed by atoms with E-state index >= 15 is 0 Å². The number of anilines is 1. The number of rotatable bonds is 5. The van der Waals surface area contributed by atoms with Crippen molar-refractivity contribution in [2.45, 2.75) is 13.8 Å². The summed E-state index contributed by atoms with van der Waals surface area (Å²) in [6, 6.07) is 4.21. The monoisotopic (exact) mass is 317 g/mol. The van der Waals surface area contributed by atoms with Gasteiger partial charge in [0.1, 0.15) is 0 Å². The highest BCUT2D eigenvalue weighted by molar-refractivity contribution is 6.35. The van der Waals surface area contributed by atoms with E-state index in [-0.39, 0.29) is 12.5 Å². The topological polar surface area (TPSA) is 70.2 Å². The normalized spacial score (nSPS) is 10.2. The SMILES string of the molecule is CC(C)CNC(=O)CNC(=O)Nc1cc(Cl)ccc1Cl. The third-order valence-corrected chi connectivity index (χ3v) is 2.86. The Kier molecular flexibility index (Phi) is 6.61. The van der Waals surface area contributed by atoms with Crippen molar-refractivity contribution in [3.8, 4) is 0 Å². The van der Waals surface area contributed by atoms with Crippen LogP contribution in [0.5, 0.6) is 0 Å². The average Bonchev–Trinajstić information content (AvgIpc) is 2.38. The summed E-state index contributed by atoms with van der Waals surface area (Å²) >= 11 is 11.7. The van der Waals surface area contributed by atoms with E-state index in [2.05, 4.69) is 16.0 Å². The molecule has 0 aliphatic heterocycles. The van der Waals surface area contributed by atoms with Crippen LogP contribution >= 0.6 is 23.2 Å². The van der Waals surface area contributed by atoms with Crippen molar-refractivity contribution in [3.05, 3.63) is 28.2 Å². The van der Waals surface area contributed by atoms with Gasteiger partial charge in [-0.1, -0.05) is 37.0 Å². The molecular formula is C13H17Cl2N3O2. The number of hydrogen-bond acceptors (Lipinski definition) is 2. The lowest BCUT2D eigenvalue weighted by atomic mass is 10.2. The second kappa shape index (κ2) is 7.97. The predicted octanol–water partition coefficient (Wildman–Crippen LogP) is 2.89. The smallest absolute Gasteiger partial charge is 0.319 e. The molecule has 3 amide bonds. The van der Waals surface area contributed by atoms with E-state index < -0.39 is 6.03 Å². The number of halogens is 2. The molecule has 0 radical (unpaired) electrons. The Bertz CT molecular complexity index is 493. The number of urea groups is 1. The van der Waals surface area contributed by atoms with Gasteiger partial charge in [0, 0.05) is 11.6 Å². The zero-order valence-corrected chi connectivity index (χ0v) is 12.8. The summed E-state index contributed by atoms with van der Waals surface area (Å²) in [4.78, 5) is 23.0. The Balaban J connectivity index is 2.40. The first-order valence-electron chi connectivity index (χ1n) is 6.15. The first-order chi connectivity index (χ1) is 9.38. The summed E-state index contributed by atoms with van der Waals surface area (Å²) in [5.74, 6) is 0.115. The van der Waals surface area contributed by atoms with Gasteiger partial charge in [0.15, 0.2) is 0 Å². The van der Waals surface area contributed by atoms with Crippen LogP contribution in [0.1, 0.15) is 13.8 Å². The molecule has 0 fully saturated rings. The Morgan fingerprint density at radius 2 is 1.90 bits per heavy atom. The summed E-state index contributed by atoms with van der Waals surface area (Å²) in [6.45, 7) is 4.45. The van der Waals surface area contributed by atoms with Gasteiger partial charge in [0.2, 0.25) is 5.91 Å². The van der Waals surface area contributed by atoms with Gasteiger partial charge in [0.05, 0.1) is 17.3 Å². The molecule has 0 bridgehead atoms. The van der Waals surface area contributed by atoms with E-state index in [1.807, 2.05) is 13.8 Å². The van der Waals surface area contributed by atoms with Crippen molar-refractivity contribution in [1.29, 1.82) is 0 Å². The van der Waals surface area contributed by atoms with E-state index in [1.165, 1.54) is 6.07 Å². The van der Waals surface area contributed by atoms with E-state index in [0.29, 0.717) is 28.2 Å². The van der Waals surface area contributed by atoms with Crippen LogP contribution in [-0.4, -0.2) is 25.0 Å². The van der Waals surface area contributed by atoms with E-state index in [0.717, 1.165) is 0 Å². The molecule has 0 aromatic heterocycles. The quantitative estimate of drug-likeness (QED) is 0.781. The maximum absolute atomic E-state index is 11.6. The van der Waals surface area contributed by atoms with Gasteiger partial charge in [-0.25, -0.2) is 4.79 Å². The molecule has 0 aliphatic rings. The maximum Gasteiger partial charge on any atom is 0.319 e. The number of benzene rings is 1. The van der Waals surface area contributed by atoms with Crippen molar-refractivity contribution in [1.82, 2.24) is 10.6 Å². The number of carbonyl (C=O) groups is 2. The summed E-state index contributed by atoms with van der Waals surface area (Å²) in [5.41, 5.74) is 0.388. The van der Waals surface area contributed by atoms with Crippen LogP contribution in [0.2, 0.25) is 10.0 Å². The molecule has 0 atom stereocenters. The van der Waals surface area contributed by atoms with Crippen molar-refractivity contribution in [2.75, 3.05) is 18.4 Å². The molecule has 0 spiro atoms. The minimum Gasteiger partial charge on any atom is -0.354 e. The standard InChI is InChI=1S/C13H17Cl2N3O2/c1-8(2)6-16-12(19)7-17-13(20)18-11-5-9(14)3-4-10(11)15/h3-5,8H,6-7H2,1-2H3,(H,16,19)(H2,17,18,20). The van der Waals surface area contributed by atoms with Crippen LogP contribution in [0.4, 0.5) is 10.5 Å². The number of nitrogens with one attached hydrogen (secondary N) is 3. The lowest BCUT2D eigenvalue weighted by molar-refractivity contribution is -0.120. The highest BCUT2D eigenvalue weighted by Gasteiger charge is 2.08. The molecule has 7 heteroatoms. The Labute approximate surface area is 128 Å². The molecule has 3 N–H and O–H groups in total. The third kappa shape index (κ3) is 6.12. The van der Waals surface area contributed by atoms with Crippen LogP contribution in [0.15, 0.2) is 18.2 Å². The lowest BCUT2D eigenvalue weighted by Gasteiger charge is -2.10. The first-order valence-corrected chi connectivity index (χ1v) is 6.90. The molecule has 1 aromatic carbocycles. The molecule has 1 aromatic rings. The summed E-state index contributed by atoms with van der Waals surface area (Å²) in [6.07, 6.45) is 0. The lowest BCUT2D eigenvalue weighted by Crippen LogP contribution is -2.40. The average molecular weight is 318 g/mol. The van der Waals surface area contributed by atoms with Gasteiger partial charge < -0.3 is 16.0 Å². The minimum absolute atomic E-state index is 0.100. The van der Waals surface area contributed by atoms with Crippen molar-refractivity contribution >= 4 is 40.8 Å². The van der Waals surface area contributed by atoms with Gasteiger partial charge >= 0.3 is 6.03 Å². The molecular weight excluding hydrogens is 301 g/mol. The predicted molar refractivity (Wildman–Crippen MR) is 81.3 cm³/mol. The van der Waals surface area contributed by atoms with E-state index in [4.69, 9.17) is 23.2 Å². The Hall–Kier alpha value is -1.46. The Morgan fingerprint density at radius 3 is 2.55 bits per heavy atom. The number of carbonyl (C=O) groups excluding carboxylic acids is 2. The highest BCUT2D eigenvalue weighted by atomic mass is 35.5. The van der Waals surface area contributed by atoms with Gasteiger partial charge in [-0.05, 0) is 24.1 Å². The van der Waals surface area contributed by atoms with E-state index in [1.54, 1.807) is 12.1 Å². The molecule has 0 saturated heterocycles. The zero-order chi connectivity index (χ0) is 15.1. The van der Waals surface area contributed by atoms with Crippen LogP contribution in [0.25, 0.3) is 0 Å². The Morgan fingerprint density at radius 1 is 1.20 bits per heavy atom. The van der Waals surface area contributed by atoms with Crippen molar-refractivity contribution in [2.24, 2.45) is 5.92 Å². The second-order valence-electron chi connectivity index (χ2n) is 4.63. The van der Waals surface area contributed by atoms with Crippen LogP contribution in [0, 0.1) is 5.92 Å². The first kappa shape index (κ1) is 16.6. The van der Waals surface area contributed by atoms with Crippen LogP contribution in [-0.2, 0) is 4.79 Å². The molecule has 0 saturated carbocycles. The molecule has 5 nitrogen and oxygen atoms in total. The minimum atomic E-state index is -0.520. The van der Waals surface area contributed by atoms with Crippen molar-refractivity contribution in [3.63, 3.8) is 0 Å². The highest BCUT2D eigenvalue weighted by Crippen LogP contribution is 2.25. The fourth-order valence-electron chi connectivity index (χ4n) is 1.30. The fraction of sp³-hybridized carbons (Fsp3) is 0.385. The largest absolute Gasteiger partial charge is 0.354 e. The van der Waals surface area contributed by atoms with Crippen LogP contribution < -0.4 is 16.0 Å². The molecule has 20 heavy (non-hydrogen) atoms. The summed E-state index contributed by atoms with van der Waals surface area (Å²) in [5, 5.41) is 8.48. The number of hydrogen-bond donors (Lipinski definition) is 3.